The number of hydrogen-bond acceptors (Lipinski definition) is 3. The van der Waals surface area contributed by atoms with Crippen molar-refractivity contribution in [1.29, 1.82) is 0 Å². The summed E-state index contributed by atoms with van der Waals surface area (Å²) in [5.41, 5.74) is 8.63. The number of aryl methyl sites for hydroxylation is 1. The van der Waals surface area contributed by atoms with Crippen LogP contribution in [0.2, 0.25) is 0 Å². The molecule has 3 nitrogen and oxygen atoms in total. The van der Waals surface area contributed by atoms with Gasteiger partial charge in [-0.15, -0.1) is 0 Å². The first-order valence-corrected chi connectivity index (χ1v) is 7.72. The number of halogens is 1. The summed E-state index contributed by atoms with van der Waals surface area (Å²) in [6, 6.07) is 7.46. The van der Waals surface area contributed by atoms with Gasteiger partial charge in [0.1, 0.15) is 0 Å². The average molecular weight is 326 g/mol. The quantitative estimate of drug-likeness (QED) is 0.926. The molecular formula is C15H24BrN3. The largest absolute Gasteiger partial charge is 0.329 e. The van der Waals surface area contributed by atoms with Gasteiger partial charge in [-0.1, -0.05) is 28.1 Å². The highest BCUT2D eigenvalue weighted by Gasteiger charge is 2.27. The molecule has 1 aliphatic heterocycles. The second-order valence-electron chi connectivity index (χ2n) is 5.60. The minimum Gasteiger partial charge on any atom is -0.329 e. The summed E-state index contributed by atoms with van der Waals surface area (Å²) in [5, 5.41) is 0. The molecule has 106 valence electrons. The molecule has 2 N–H and O–H groups in total. The highest BCUT2D eigenvalue weighted by molar-refractivity contribution is 9.10. The lowest BCUT2D eigenvalue weighted by molar-refractivity contribution is 0.0739. The van der Waals surface area contributed by atoms with Gasteiger partial charge in [0.2, 0.25) is 0 Å². The molecule has 1 heterocycles. The van der Waals surface area contributed by atoms with Crippen molar-refractivity contribution in [1.82, 2.24) is 9.80 Å². The van der Waals surface area contributed by atoms with E-state index in [1.165, 1.54) is 15.6 Å². The third-order valence-electron chi connectivity index (χ3n) is 4.17. The molecule has 4 heteroatoms. The lowest BCUT2D eigenvalue weighted by atomic mass is 10.0. The summed E-state index contributed by atoms with van der Waals surface area (Å²) in [4.78, 5) is 4.92. The number of piperazine rings is 1. The SMILES string of the molecule is Cc1ccc(C(CN)N2CCN(C)C(C)C2)c(Br)c1. The minimum atomic E-state index is 0.311. The van der Waals surface area contributed by atoms with E-state index < -0.39 is 0 Å². The first kappa shape index (κ1) is 15.0. The molecular weight excluding hydrogens is 302 g/mol. The van der Waals surface area contributed by atoms with Gasteiger partial charge in [-0.25, -0.2) is 0 Å². The van der Waals surface area contributed by atoms with Crippen molar-refractivity contribution >= 4 is 15.9 Å². The molecule has 1 aliphatic rings. The summed E-state index contributed by atoms with van der Waals surface area (Å²) in [7, 11) is 2.20. The van der Waals surface area contributed by atoms with E-state index in [-0.39, 0.29) is 0 Å². The molecule has 0 bridgehead atoms. The van der Waals surface area contributed by atoms with Crippen molar-refractivity contribution in [2.45, 2.75) is 25.9 Å². The van der Waals surface area contributed by atoms with Crippen molar-refractivity contribution in [2.75, 3.05) is 33.2 Å². The third-order valence-corrected chi connectivity index (χ3v) is 4.86. The molecule has 1 aromatic rings. The van der Waals surface area contributed by atoms with Crippen LogP contribution < -0.4 is 5.73 Å². The second-order valence-corrected chi connectivity index (χ2v) is 6.46. The highest BCUT2D eigenvalue weighted by Crippen LogP contribution is 2.29. The number of nitrogens with zero attached hydrogens (tertiary/aromatic N) is 2. The fourth-order valence-electron chi connectivity index (χ4n) is 2.73. The van der Waals surface area contributed by atoms with E-state index >= 15 is 0 Å². The summed E-state index contributed by atoms with van der Waals surface area (Å²) >= 11 is 3.69. The fourth-order valence-corrected chi connectivity index (χ4v) is 3.49. The van der Waals surface area contributed by atoms with Crippen LogP contribution in [0.1, 0.15) is 24.1 Å². The topological polar surface area (TPSA) is 32.5 Å². The zero-order valence-electron chi connectivity index (χ0n) is 12.1. The Labute approximate surface area is 124 Å². The average Bonchev–Trinajstić information content (AvgIpc) is 2.37. The van der Waals surface area contributed by atoms with Crippen LogP contribution in [0.25, 0.3) is 0 Å². The van der Waals surface area contributed by atoms with Crippen LogP contribution in [0.3, 0.4) is 0 Å². The van der Waals surface area contributed by atoms with Crippen molar-refractivity contribution < 1.29 is 0 Å². The molecule has 19 heavy (non-hydrogen) atoms. The van der Waals surface area contributed by atoms with Crippen LogP contribution in [-0.4, -0.2) is 49.1 Å². The maximum absolute atomic E-state index is 6.05. The van der Waals surface area contributed by atoms with E-state index in [4.69, 9.17) is 5.73 Å². The molecule has 2 atom stereocenters. The van der Waals surface area contributed by atoms with Crippen LogP contribution in [0.15, 0.2) is 22.7 Å². The maximum atomic E-state index is 6.05. The van der Waals surface area contributed by atoms with Crippen LogP contribution >= 0.6 is 15.9 Å². The molecule has 1 saturated heterocycles. The predicted octanol–water partition coefficient (Wildman–Crippen LogP) is 2.39. The van der Waals surface area contributed by atoms with Gasteiger partial charge < -0.3 is 10.6 Å². The molecule has 1 aromatic carbocycles. The monoisotopic (exact) mass is 325 g/mol. The molecule has 0 saturated carbocycles. The van der Waals surface area contributed by atoms with Gasteiger partial charge in [0.25, 0.3) is 0 Å². The van der Waals surface area contributed by atoms with Gasteiger partial charge in [-0.05, 0) is 38.1 Å². The summed E-state index contributed by atoms with van der Waals surface area (Å²) in [5.74, 6) is 0. The van der Waals surface area contributed by atoms with Crippen molar-refractivity contribution in [2.24, 2.45) is 5.73 Å². The van der Waals surface area contributed by atoms with E-state index in [1.807, 2.05) is 0 Å². The van der Waals surface area contributed by atoms with E-state index in [9.17, 15) is 0 Å². The normalized spacial score (nSPS) is 23.5. The van der Waals surface area contributed by atoms with Crippen LogP contribution in [0, 0.1) is 6.92 Å². The van der Waals surface area contributed by atoms with Crippen LogP contribution in [-0.2, 0) is 0 Å². The van der Waals surface area contributed by atoms with Gasteiger partial charge in [-0.2, -0.15) is 0 Å². The Morgan fingerprint density at radius 2 is 2.16 bits per heavy atom. The van der Waals surface area contributed by atoms with Gasteiger partial charge in [0.15, 0.2) is 0 Å². The van der Waals surface area contributed by atoms with E-state index in [2.05, 4.69) is 64.8 Å². The van der Waals surface area contributed by atoms with Crippen molar-refractivity contribution in [3.05, 3.63) is 33.8 Å². The number of benzene rings is 1. The molecule has 0 spiro atoms. The zero-order valence-corrected chi connectivity index (χ0v) is 13.7. The third kappa shape index (κ3) is 3.37. The van der Waals surface area contributed by atoms with E-state index in [1.54, 1.807) is 0 Å². The lowest BCUT2D eigenvalue weighted by Crippen LogP contribution is -2.52. The highest BCUT2D eigenvalue weighted by atomic mass is 79.9. The number of likely N-dealkylation sites (N-methyl/N-ethyl adjacent to an activating group) is 1. The zero-order chi connectivity index (χ0) is 14.0. The van der Waals surface area contributed by atoms with Gasteiger partial charge in [0, 0.05) is 42.7 Å². The smallest absolute Gasteiger partial charge is 0.0482 e. The van der Waals surface area contributed by atoms with Crippen molar-refractivity contribution in [3.8, 4) is 0 Å². The fraction of sp³-hybridized carbons (Fsp3) is 0.600. The molecule has 2 rings (SSSR count). The van der Waals surface area contributed by atoms with Crippen LogP contribution in [0.5, 0.6) is 0 Å². The Hall–Kier alpha value is -0.420. The molecule has 0 aromatic heterocycles. The number of hydrogen-bond donors (Lipinski definition) is 1. The van der Waals surface area contributed by atoms with Crippen LogP contribution in [0.4, 0.5) is 0 Å². The first-order chi connectivity index (χ1) is 9.02. The molecule has 0 amide bonds. The maximum Gasteiger partial charge on any atom is 0.0482 e. The molecule has 0 aliphatic carbocycles. The van der Waals surface area contributed by atoms with E-state index in [0.29, 0.717) is 18.6 Å². The Bertz CT molecular complexity index is 435. The van der Waals surface area contributed by atoms with Crippen molar-refractivity contribution in [3.63, 3.8) is 0 Å². The van der Waals surface area contributed by atoms with Gasteiger partial charge in [0.05, 0.1) is 0 Å². The first-order valence-electron chi connectivity index (χ1n) is 6.93. The summed E-state index contributed by atoms with van der Waals surface area (Å²) in [6.45, 7) is 8.34. The Morgan fingerprint density at radius 3 is 2.74 bits per heavy atom. The number of rotatable bonds is 3. The Morgan fingerprint density at radius 1 is 1.42 bits per heavy atom. The standard InChI is InChI=1S/C15H24BrN3/c1-11-4-5-13(14(16)8-11)15(9-17)19-7-6-18(3)12(2)10-19/h4-5,8,12,15H,6-7,9-10,17H2,1-3H3. The van der Waals surface area contributed by atoms with Gasteiger partial charge >= 0.3 is 0 Å². The summed E-state index contributed by atoms with van der Waals surface area (Å²) < 4.78 is 1.18. The molecule has 0 radical (unpaired) electrons. The Balaban J connectivity index is 2.20. The summed E-state index contributed by atoms with van der Waals surface area (Å²) in [6.07, 6.45) is 0. The minimum absolute atomic E-state index is 0.311. The lowest BCUT2D eigenvalue weighted by Gasteiger charge is -2.41. The second kappa shape index (κ2) is 6.35. The van der Waals surface area contributed by atoms with Gasteiger partial charge in [-0.3, -0.25) is 4.90 Å². The van der Waals surface area contributed by atoms with E-state index in [0.717, 1.165) is 19.6 Å². The Kier molecular flexibility index (Phi) is 5.01. The predicted molar refractivity (Wildman–Crippen MR) is 84.3 cm³/mol. The molecule has 2 unspecified atom stereocenters. The number of nitrogens with two attached hydrogens (primary N) is 1. The molecule has 1 fully saturated rings.